The van der Waals surface area contributed by atoms with Crippen LogP contribution in [0.1, 0.15) is 12.8 Å². The van der Waals surface area contributed by atoms with Crippen LogP contribution in [0.3, 0.4) is 0 Å². The van der Waals surface area contributed by atoms with Gasteiger partial charge in [-0.15, -0.1) is 0 Å². The van der Waals surface area contributed by atoms with Gasteiger partial charge in [-0.2, -0.15) is 0 Å². The lowest BCUT2D eigenvalue weighted by Gasteiger charge is -2.32. The van der Waals surface area contributed by atoms with Gasteiger partial charge in [0, 0.05) is 33.3 Å². The van der Waals surface area contributed by atoms with Gasteiger partial charge in [0.05, 0.1) is 5.92 Å². The van der Waals surface area contributed by atoms with Crippen molar-refractivity contribution in [2.75, 3.05) is 37.4 Å². The second-order valence-corrected chi connectivity index (χ2v) is 4.41. The first kappa shape index (κ1) is 12.6. The fraction of sp³-hybridized carbons (Fsp3) is 0.583. The summed E-state index contributed by atoms with van der Waals surface area (Å²) in [6, 6.07) is 1.91. The standard InChI is InChI=1S/C12H19N5O/c1-13-10-6-11(16-8-15-10)17-5-3-4-9(7-17)12(18)14-2/h6,8-9H,3-5,7H2,1-2H3,(H,14,18)(H,13,15,16). The van der Waals surface area contributed by atoms with E-state index in [2.05, 4.69) is 25.5 Å². The quantitative estimate of drug-likeness (QED) is 0.815. The van der Waals surface area contributed by atoms with Gasteiger partial charge < -0.3 is 15.5 Å². The summed E-state index contributed by atoms with van der Waals surface area (Å²) in [5, 5.41) is 5.71. The van der Waals surface area contributed by atoms with E-state index in [0.29, 0.717) is 0 Å². The van der Waals surface area contributed by atoms with E-state index in [1.54, 1.807) is 13.4 Å². The third kappa shape index (κ3) is 2.69. The van der Waals surface area contributed by atoms with Gasteiger partial charge in [-0.25, -0.2) is 9.97 Å². The molecule has 1 amide bonds. The summed E-state index contributed by atoms with van der Waals surface area (Å²) in [4.78, 5) is 22.2. The monoisotopic (exact) mass is 249 g/mol. The van der Waals surface area contributed by atoms with Crippen molar-refractivity contribution in [3.05, 3.63) is 12.4 Å². The Morgan fingerprint density at radius 2 is 2.28 bits per heavy atom. The van der Waals surface area contributed by atoms with Crippen molar-refractivity contribution in [3.63, 3.8) is 0 Å². The van der Waals surface area contributed by atoms with E-state index in [1.165, 1.54) is 0 Å². The van der Waals surface area contributed by atoms with Crippen LogP contribution in [0, 0.1) is 5.92 Å². The Morgan fingerprint density at radius 3 is 3.00 bits per heavy atom. The van der Waals surface area contributed by atoms with Gasteiger partial charge in [0.2, 0.25) is 5.91 Å². The average Bonchev–Trinajstić information content (AvgIpc) is 2.46. The Balaban J connectivity index is 2.10. The Bertz CT molecular complexity index is 423. The zero-order valence-electron chi connectivity index (χ0n) is 10.8. The minimum Gasteiger partial charge on any atom is -0.373 e. The average molecular weight is 249 g/mol. The van der Waals surface area contributed by atoms with Crippen LogP contribution in [-0.2, 0) is 4.79 Å². The van der Waals surface area contributed by atoms with Gasteiger partial charge in [0.15, 0.2) is 0 Å². The van der Waals surface area contributed by atoms with Crippen molar-refractivity contribution in [3.8, 4) is 0 Å². The molecule has 2 N–H and O–H groups in total. The van der Waals surface area contributed by atoms with Gasteiger partial charge in [-0.1, -0.05) is 0 Å². The number of carbonyl (C=O) groups is 1. The van der Waals surface area contributed by atoms with Crippen LogP contribution in [0.2, 0.25) is 0 Å². The molecular formula is C12H19N5O. The van der Waals surface area contributed by atoms with Gasteiger partial charge in [0.25, 0.3) is 0 Å². The van der Waals surface area contributed by atoms with E-state index in [1.807, 2.05) is 13.1 Å². The Morgan fingerprint density at radius 1 is 1.44 bits per heavy atom. The molecule has 0 saturated carbocycles. The third-order valence-electron chi connectivity index (χ3n) is 3.27. The molecule has 2 heterocycles. The number of rotatable bonds is 3. The molecule has 1 aliphatic rings. The molecule has 0 aliphatic carbocycles. The number of anilines is 2. The van der Waals surface area contributed by atoms with Crippen LogP contribution in [0.25, 0.3) is 0 Å². The van der Waals surface area contributed by atoms with Gasteiger partial charge >= 0.3 is 0 Å². The van der Waals surface area contributed by atoms with Crippen molar-refractivity contribution in [1.82, 2.24) is 15.3 Å². The number of nitrogens with one attached hydrogen (secondary N) is 2. The van der Waals surface area contributed by atoms with Gasteiger partial charge in [-0.3, -0.25) is 4.79 Å². The lowest BCUT2D eigenvalue weighted by molar-refractivity contribution is -0.124. The van der Waals surface area contributed by atoms with Crippen molar-refractivity contribution in [1.29, 1.82) is 0 Å². The zero-order chi connectivity index (χ0) is 13.0. The highest BCUT2D eigenvalue weighted by Crippen LogP contribution is 2.22. The SMILES string of the molecule is CNC(=O)C1CCCN(c2cc(NC)ncn2)C1. The number of hydrogen-bond donors (Lipinski definition) is 2. The molecule has 1 fully saturated rings. The minimum absolute atomic E-state index is 0.0525. The molecule has 18 heavy (non-hydrogen) atoms. The number of carbonyl (C=O) groups excluding carboxylic acids is 1. The summed E-state index contributed by atoms with van der Waals surface area (Å²) < 4.78 is 0. The molecule has 1 unspecified atom stereocenters. The Hall–Kier alpha value is -1.85. The summed E-state index contributed by atoms with van der Waals surface area (Å²) in [6.45, 7) is 1.66. The van der Waals surface area contributed by atoms with Crippen molar-refractivity contribution in [2.45, 2.75) is 12.8 Å². The number of amides is 1. The molecule has 1 aromatic heterocycles. The van der Waals surface area contributed by atoms with Crippen LogP contribution < -0.4 is 15.5 Å². The molecule has 1 saturated heterocycles. The van der Waals surface area contributed by atoms with Crippen LogP contribution in [-0.4, -0.2) is 43.1 Å². The first-order valence-electron chi connectivity index (χ1n) is 6.21. The highest BCUT2D eigenvalue weighted by atomic mass is 16.1. The molecule has 0 aromatic carbocycles. The summed E-state index contributed by atoms with van der Waals surface area (Å²) in [5.41, 5.74) is 0. The predicted octanol–water partition coefficient (Wildman–Crippen LogP) is 0.481. The van der Waals surface area contributed by atoms with E-state index in [9.17, 15) is 4.79 Å². The first-order valence-corrected chi connectivity index (χ1v) is 6.21. The molecule has 98 valence electrons. The topological polar surface area (TPSA) is 70.2 Å². The molecule has 6 nitrogen and oxygen atoms in total. The highest BCUT2D eigenvalue weighted by Gasteiger charge is 2.25. The van der Waals surface area contributed by atoms with Crippen molar-refractivity contribution < 1.29 is 4.79 Å². The van der Waals surface area contributed by atoms with E-state index >= 15 is 0 Å². The Labute approximate surface area is 107 Å². The van der Waals surface area contributed by atoms with Crippen LogP contribution >= 0.6 is 0 Å². The molecule has 6 heteroatoms. The van der Waals surface area contributed by atoms with Crippen LogP contribution in [0.4, 0.5) is 11.6 Å². The summed E-state index contributed by atoms with van der Waals surface area (Å²) >= 11 is 0. The first-order chi connectivity index (χ1) is 8.74. The predicted molar refractivity (Wildman–Crippen MR) is 70.6 cm³/mol. The molecule has 1 atom stereocenters. The molecule has 0 spiro atoms. The molecule has 1 aliphatic heterocycles. The summed E-state index contributed by atoms with van der Waals surface area (Å²) in [5.74, 6) is 1.84. The molecule has 1 aromatic rings. The highest BCUT2D eigenvalue weighted by molar-refractivity contribution is 5.79. The lowest BCUT2D eigenvalue weighted by Crippen LogP contribution is -2.42. The largest absolute Gasteiger partial charge is 0.373 e. The van der Waals surface area contributed by atoms with Crippen molar-refractivity contribution in [2.24, 2.45) is 5.92 Å². The van der Waals surface area contributed by atoms with Crippen LogP contribution in [0.15, 0.2) is 12.4 Å². The second-order valence-electron chi connectivity index (χ2n) is 4.41. The van der Waals surface area contributed by atoms with Gasteiger partial charge in [0.1, 0.15) is 18.0 Å². The molecule has 0 radical (unpaired) electrons. The van der Waals surface area contributed by atoms with E-state index in [-0.39, 0.29) is 11.8 Å². The maximum absolute atomic E-state index is 11.7. The van der Waals surface area contributed by atoms with Gasteiger partial charge in [-0.05, 0) is 12.8 Å². The normalized spacial score (nSPS) is 19.4. The summed E-state index contributed by atoms with van der Waals surface area (Å²) in [6.07, 6.45) is 3.50. The molecule has 0 bridgehead atoms. The zero-order valence-corrected chi connectivity index (χ0v) is 10.8. The van der Waals surface area contributed by atoms with E-state index < -0.39 is 0 Å². The molecular weight excluding hydrogens is 230 g/mol. The third-order valence-corrected chi connectivity index (χ3v) is 3.27. The summed E-state index contributed by atoms with van der Waals surface area (Å²) in [7, 11) is 3.51. The van der Waals surface area contributed by atoms with Crippen LogP contribution in [0.5, 0.6) is 0 Å². The number of hydrogen-bond acceptors (Lipinski definition) is 5. The maximum atomic E-state index is 11.7. The number of aromatic nitrogens is 2. The van der Waals surface area contributed by atoms with E-state index in [4.69, 9.17) is 0 Å². The molecule has 2 rings (SSSR count). The van der Waals surface area contributed by atoms with E-state index in [0.717, 1.165) is 37.6 Å². The smallest absolute Gasteiger partial charge is 0.224 e. The Kier molecular flexibility index (Phi) is 3.96. The fourth-order valence-electron chi connectivity index (χ4n) is 2.26. The minimum atomic E-state index is 0.0525. The second kappa shape index (κ2) is 5.66. The lowest BCUT2D eigenvalue weighted by atomic mass is 9.97. The number of piperidine rings is 1. The fourth-order valence-corrected chi connectivity index (χ4v) is 2.26. The number of nitrogens with zero attached hydrogens (tertiary/aromatic N) is 3. The maximum Gasteiger partial charge on any atom is 0.224 e. The van der Waals surface area contributed by atoms with Crippen molar-refractivity contribution >= 4 is 17.5 Å².